The van der Waals surface area contributed by atoms with Crippen LogP contribution in [0.15, 0.2) is 0 Å². The van der Waals surface area contributed by atoms with Crippen molar-refractivity contribution in [2.45, 2.75) is 13.8 Å². The molecule has 0 rings (SSSR count). The summed E-state index contributed by atoms with van der Waals surface area (Å²) in [5.74, 6) is 0. The fourth-order valence-electron chi connectivity index (χ4n) is 0.722. The first kappa shape index (κ1) is 8.86. The Labute approximate surface area is 56.4 Å². The maximum Gasteiger partial charge on any atom is -0.0291 e. The molecule has 0 aromatic rings. The Morgan fingerprint density at radius 2 is 1.75 bits per heavy atom. The summed E-state index contributed by atoms with van der Waals surface area (Å²) in [6.45, 7) is 4.60. The van der Waals surface area contributed by atoms with Gasteiger partial charge in [-0.15, -0.1) is 17.2 Å². The summed E-state index contributed by atoms with van der Waals surface area (Å²) >= 11 is 0. The zero-order chi connectivity index (χ0) is 6.41. The smallest absolute Gasteiger partial charge is 0.0291 e. The first-order valence-electron chi connectivity index (χ1n) is 3.27. The Morgan fingerprint density at radius 1 is 1.25 bits per heavy atom. The van der Waals surface area contributed by atoms with Gasteiger partial charge in [0.1, 0.15) is 0 Å². The zero-order valence-electron chi connectivity index (χ0n) is 5.85. The van der Waals surface area contributed by atoms with E-state index in [-0.39, 0.29) is 0 Å². The van der Waals surface area contributed by atoms with Crippen molar-refractivity contribution >= 4 is 17.2 Å². The molecule has 1 atom stereocenters. The van der Waals surface area contributed by atoms with Gasteiger partial charge < -0.3 is 0 Å². The van der Waals surface area contributed by atoms with Crippen LogP contribution >= 0.6 is 17.2 Å². The average Bonchev–Trinajstić information content (AvgIpc) is 1.83. The van der Waals surface area contributed by atoms with Crippen molar-refractivity contribution < 1.29 is 0 Å². The highest BCUT2D eigenvalue weighted by Gasteiger charge is 1.97. The molecule has 0 amide bonds. The Morgan fingerprint density at radius 3 is 1.88 bits per heavy atom. The van der Waals surface area contributed by atoms with Gasteiger partial charge in [-0.1, -0.05) is 13.8 Å². The molecule has 0 N–H and O–H groups in total. The van der Waals surface area contributed by atoms with Crippen LogP contribution in [0.3, 0.4) is 0 Å². The topological polar surface area (TPSA) is 0 Å². The van der Waals surface area contributed by atoms with E-state index in [4.69, 9.17) is 0 Å². The molecule has 0 heterocycles. The Bertz CT molecular complexity index is 41.8. The van der Waals surface area contributed by atoms with E-state index in [0.29, 0.717) is 7.92 Å². The van der Waals surface area contributed by atoms with Crippen molar-refractivity contribution in [3.8, 4) is 0 Å². The number of hydrogen-bond donors (Lipinski definition) is 0. The third-order valence-electron chi connectivity index (χ3n) is 1.34. The molecule has 0 aliphatic heterocycles. The summed E-state index contributed by atoms with van der Waals surface area (Å²) in [5.41, 5.74) is 0. The van der Waals surface area contributed by atoms with Crippen molar-refractivity contribution in [3.05, 3.63) is 0 Å². The lowest BCUT2D eigenvalue weighted by atomic mass is 10.9. The van der Waals surface area contributed by atoms with Crippen molar-refractivity contribution in [1.29, 1.82) is 0 Å². The van der Waals surface area contributed by atoms with Crippen molar-refractivity contribution in [1.82, 2.24) is 0 Å². The number of hydrogen-bond acceptors (Lipinski definition) is 0. The molecule has 0 aromatic carbocycles. The van der Waals surface area contributed by atoms with E-state index < -0.39 is 0 Å². The molecule has 0 nitrogen and oxygen atoms in total. The molecular weight excluding hydrogens is 134 g/mol. The van der Waals surface area contributed by atoms with Crippen molar-refractivity contribution in [3.63, 3.8) is 0 Å². The van der Waals surface area contributed by atoms with Crippen LogP contribution in [0.25, 0.3) is 0 Å². The van der Waals surface area contributed by atoms with Crippen LogP contribution in [0.4, 0.5) is 0 Å². The van der Waals surface area contributed by atoms with Crippen LogP contribution in [0, 0.1) is 0 Å². The molecule has 2 heteroatoms. The van der Waals surface area contributed by atoms with Gasteiger partial charge in [-0.2, -0.15) is 0 Å². The second-order valence-corrected chi connectivity index (χ2v) is 5.45. The van der Waals surface area contributed by atoms with Gasteiger partial charge in [0.2, 0.25) is 0 Å². The highest BCUT2D eigenvalue weighted by atomic mass is 31.1. The quantitative estimate of drug-likeness (QED) is 0.540. The fourth-order valence-corrected chi connectivity index (χ4v) is 3.26. The normalized spacial score (nSPS) is 10.5. The van der Waals surface area contributed by atoms with Gasteiger partial charge in [-0.3, -0.25) is 0 Å². The van der Waals surface area contributed by atoms with Gasteiger partial charge in [0, 0.05) is 0 Å². The molecule has 0 bridgehead atoms. The first-order valence-corrected chi connectivity index (χ1v) is 5.99. The SMILES string of the molecule is CCP(CC)CCP. The average molecular weight is 150 g/mol. The fraction of sp³-hybridized carbons (Fsp3) is 1.00. The van der Waals surface area contributed by atoms with E-state index in [1.807, 2.05) is 0 Å². The van der Waals surface area contributed by atoms with Gasteiger partial charge in [-0.05, 0) is 24.6 Å². The molecule has 8 heavy (non-hydrogen) atoms. The monoisotopic (exact) mass is 150 g/mol. The molecule has 0 fully saturated rings. The summed E-state index contributed by atoms with van der Waals surface area (Å²) in [6.07, 6.45) is 5.58. The van der Waals surface area contributed by atoms with Crippen LogP contribution < -0.4 is 0 Å². The third-order valence-corrected chi connectivity index (χ3v) is 4.79. The zero-order valence-corrected chi connectivity index (χ0v) is 7.90. The Kier molecular flexibility index (Phi) is 6.63. The molecular formula is C6H16P2. The van der Waals surface area contributed by atoms with Gasteiger partial charge >= 0.3 is 0 Å². The minimum atomic E-state index is 0.423. The Hall–Kier alpha value is 0.860. The minimum absolute atomic E-state index is 0.423. The molecule has 0 aliphatic rings. The van der Waals surface area contributed by atoms with E-state index in [9.17, 15) is 0 Å². The second kappa shape index (κ2) is 5.99. The maximum atomic E-state index is 2.80. The Balaban J connectivity index is 3.07. The van der Waals surface area contributed by atoms with E-state index in [1.165, 1.54) is 24.6 Å². The minimum Gasteiger partial charge on any atom is -0.137 e. The second-order valence-electron chi connectivity index (χ2n) is 1.82. The summed E-state index contributed by atoms with van der Waals surface area (Å²) in [7, 11) is 3.22. The van der Waals surface area contributed by atoms with E-state index >= 15 is 0 Å². The molecule has 0 radical (unpaired) electrons. The lowest BCUT2D eigenvalue weighted by molar-refractivity contribution is 1.36. The summed E-state index contributed by atoms with van der Waals surface area (Å²) in [4.78, 5) is 0. The van der Waals surface area contributed by atoms with Gasteiger partial charge in [-0.25, -0.2) is 0 Å². The van der Waals surface area contributed by atoms with E-state index in [0.717, 1.165) is 0 Å². The summed E-state index contributed by atoms with van der Waals surface area (Å²) < 4.78 is 0. The van der Waals surface area contributed by atoms with Gasteiger partial charge in [0.25, 0.3) is 0 Å². The molecule has 50 valence electrons. The summed E-state index contributed by atoms with van der Waals surface area (Å²) in [5, 5.41) is 0. The molecule has 0 spiro atoms. The third kappa shape index (κ3) is 3.81. The van der Waals surface area contributed by atoms with Gasteiger partial charge in [0.15, 0.2) is 0 Å². The van der Waals surface area contributed by atoms with Crippen LogP contribution in [0.5, 0.6) is 0 Å². The van der Waals surface area contributed by atoms with Crippen LogP contribution in [-0.2, 0) is 0 Å². The largest absolute Gasteiger partial charge is 0.137 e. The highest BCUT2D eigenvalue weighted by Crippen LogP contribution is 2.33. The molecule has 0 aliphatic carbocycles. The van der Waals surface area contributed by atoms with Crippen LogP contribution in [-0.4, -0.2) is 24.6 Å². The van der Waals surface area contributed by atoms with Crippen LogP contribution in [0.2, 0.25) is 0 Å². The maximum absolute atomic E-state index is 2.80. The first-order chi connectivity index (χ1) is 3.85. The standard InChI is InChI=1S/C6H16P2/c1-3-8(4-2)6-5-7/h3-7H2,1-2H3. The molecule has 0 saturated heterocycles. The molecule has 0 aromatic heterocycles. The number of rotatable bonds is 4. The summed E-state index contributed by atoms with van der Waals surface area (Å²) in [6, 6.07) is 0. The molecule has 1 unspecified atom stereocenters. The van der Waals surface area contributed by atoms with Gasteiger partial charge in [0.05, 0.1) is 0 Å². The lowest BCUT2D eigenvalue weighted by Gasteiger charge is -2.09. The molecule has 0 saturated carbocycles. The highest BCUT2D eigenvalue weighted by molar-refractivity contribution is 7.57. The predicted molar refractivity (Wildman–Crippen MR) is 47.4 cm³/mol. The van der Waals surface area contributed by atoms with Crippen molar-refractivity contribution in [2.24, 2.45) is 0 Å². The van der Waals surface area contributed by atoms with E-state index in [2.05, 4.69) is 23.1 Å². The van der Waals surface area contributed by atoms with Crippen LogP contribution in [0.1, 0.15) is 13.8 Å². The predicted octanol–water partition coefficient (Wildman–Crippen LogP) is 2.38. The lowest BCUT2D eigenvalue weighted by Crippen LogP contribution is -1.89. The van der Waals surface area contributed by atoms with E-state index in [1.54, 1.807) is 0 Å². The van der Waals surface area contributed by atoms with Crippen molar-refractivity contribution in [2.75, 3.05) is 24.6 Å².